The van der Waals surface area contributed by atoms with Crippen molar-refractivity contribution >= 4 is 62.3 Å². The highest BCUT2D eigenvalue weighted by Gasteiger charge is 2.34. The van der Waals surface area contributed by atoms with Gasteiger partial charge in [-0.1, -0.05) is 47.8 Å². The van der Waals surface area contributed by atoms with Crippen molar-refractivity contribution in [3.63, 3.8) is 0 Å². The third kappa shape index (κ3) is 8.20. The summed E-state index contributed by atoms with van der Waals surface area (Å²) in [5, 5.41) is 3.67. The molecule has 0 aliphatic heterocycles. The molecule has 0 radical (unpaired) electrons. The minimum atomic E-state index is -4.47. The van der Waals surface area contributed by atoms with Gasteiger partial charge in [0.15, 0.2) is 11.5 Å². The van der Waals surface area contributed by atoms with E-state index in [9.17, 15) is 18.0 Å². The SMILES string of the molecule is CCCNC(=O)[C@@H](C)N(Cc1ccc(Cl)cc1Cl)C(=O)CN(c1cc(Cl)ccc1OC)S(=O)(=O)c1ccc(OC)c(OC)c1. The zero-order valence-corrected chi connectivity index (χ0v) is 28.0. The second-order valence-corrected chi connectivity index (χ2v) is 12.7. The van der Waals surface area contributed by atoms with Crippen molar-refractivity contribution in [2.45, 2.75) is 37.8 Å². The van der Waals surface area contributed by atoms with E-state index >= 15 is 0 Å². The van der Waals surface area contributed by atoms with Gasteiger partial charge in [-0.3, -0.25) is 13.9 Å². The second kappa shape index (κ2) is 15.6. The van der Waals surface area contributed by atoms with Crippen LogP contribution in [-0.4, -0.2) is 65.6 Å². The number of hydrogen-bond donors (Lipinski definition) is 1. The van der Waals surface area contributed by atoms with Crippen molar-refractivity contribution in [2.75, 3.05) is 38.7 Å². The fraction of sp³-hybridized carbons (Fsp3) is 0.333. The van der Waals surface area contributed by atoms with Gasteiger partial charge in [0.25, 0.3) is 10.0 Å². The molecule has 44 heavy (non-hydrogen) atoms. The van der Waals surface area contributed by atoms with E-state index in [0.717, 1.165) is 4.31 Å². The zero-order valence-electron chi connectivity index (χ0n) is 24.9. The Labute approximate surface area is 272 Å². The van der Waals surface area contributed by atoms with Gasteiger partial charge in [-0.25, -0.2) is 8.42 Å². The molecule has 0 heterocycles. The number of rotatable bonds is 14. The molecule has 3 aromatic rings. The van der Waals surface area contributed by atoms with Crippen LogP contribution in [0.5, 0.6) is 17.2 Å². The zero-order chi connectivity index (χ0) is 32.6. The van der Waals surface area contributed by atoms with Crippen molar-refractivity contribution in [1.29, 1.82) is 0 Å². The first-order valence-electron chi connectivity index (χ1n) is 13.5. The molecule has 0 bridgehead atoms. The number of ether oxygens (including phenoxy) is 3. The summed E-state index contributed by atoms with van der Waals surface area (Å²) in [6, 6.07) is 12.2. The quantitative estimate of drug-likeness (QED) is 0.228. The lowest BCUT2D eigenvalue weighted by Crippen LogP contribution is -2.51. The minimum Gasteiger partial charge on any atom is -0.495 e. The van der Waals surface area contributed by atoms with Crippen molar-refractivity contribution in [1.82, 2.24) is 10.2 Å². The first-order valence-corrected chi connectivity index (χ1v) is 16.0. The molecule has 0 aliphatic rings. The highest BCUT2D eigenvalue weighted by Crippen LogP contribution is 2.37. The number of benzene rings is 3. The van der Waals surface area contributed by atoms with Crippen LogP contribution in [0.15, 0.2) is 59.5 Å². The summed E-state index contributed by atoms with van der Waals surface area (Å²) in [6.07, 6.45) is 0.682. The Balaban J connectivity index is 2.16. The molecule has 0 aromatic heterocycles. The third-order valence-electron chi connectivity index (χ3n) is 6.70. The molecule has 0 aliphatic carbocycles. The van der Waals surface area contributed by atoms with Crippen LogP contribution in [0.2, 0.25) is 15.1 Å². The number of nitrogens with zero attached hydrogens (tertiary/aromatic N) is 2. The molecule has 14 heteroatoms. The fourth-order valence-corrected chi connectivity index (χ4v) is 6.35. The van der Waals surface area contributed by atoms with E-state index in [2.05, 4.69) is 5.32 Å². The first-order chi connectivity index (χ1) is 20.9. The molecule has 0 fully saturated rings. The van der Waals surface area contributed by atoms with Crippen molar-refractivity contribution in [3.05, 3.63) is 75.2 Å². The van der Waals surface area contributed by atoms with Crippen LogP contribution < -0.4 is 23.8 Å². The Kier molecular flexibility index (Phi) is 12.4. The number of anilines is 1. The Morgan fingerprint density at radius 2 is 1.48 bits per heavy atom. The Hall–Kier alpha value is -3.38. The standard InChI is InChI=1S/C30H34Cl3N3O7S/c1-6-13-34-30(38)19(2)35(17-20-7-8-21(31)14-24(20)33)29(37)18-36(25-15-22(32)9-11-26(25)41-3)44(39,40)23-10-12-27(42-4)28(16-23)43-5/h7-12,14-16,19H,6,13,17-18H2,1-5H3,(H,34,38)/t19-/m1/s1. The summed E-state index contributed by atoms with van der Waals surface area (Å²) >= 11 is 18.8. The number of halogens is 3. The predicted molar refractivity (Wildman–Crippen MR) is 172 cm³/mol. The Morgan fingerprint density at radius 1 is 0.864 bits per heavy atom. The number of amides is 2. The number of hydrogen-bond acceptors (Lipinski definition) is 7. The van der Waals surface area contributed by atoms with Crippen molar-refractivity contribution in [3.8, 4) is 17.2 Å². The average molecular weight is 687 g/mol. The molecular formula is C30H34Cl3N3O7S. The monoisotopic (exact) mass is 685 g/mol. The Bertz CT molecular complexity index is 1600. The molecule has 1 N–H and O–H groups in total. The van der Waals surface area contributed by atoms with E-state index in [1.165, 1.54) is 68.7 Å². The van der Waals surface area contributed by atoms with Crippen LogP contribution in [0.4, 0.5) is 5.69 Å². The van der Waals surface area contributed by atoms with Crippen LogP contribution in [-0.2, 0) is 26.2 Å². The van der Waals surface area contributed by atoms with Crippen LogP contribution in [0, 0.1) is 0 Å². The van der Waals surface area contributed by atoms with Gasteiger partial charge in [-0.15, -0.1) is 0 Å². The lowest BCUT2D eigenvalue weighted by Gasteiger charge is -2.32. The van der Waals surface area contributed by atoms with Crippen LogP contribution in [0.1, 0.15) is 25.8 Å². The molecule has 10 nitrogen and oxygen atoms in total. The van der Waals surface area contributed by atoms with Gasteiger partial charge < -0.3 is 24.4 Å². The molecule has 2 amide bonds. The van der Waals surface area contributed by atoms with Gasteiger partial charge in [-0.2, -0.15) is 0 Å². The smallest absolute Gasteiger partial charge is 0.265 e. The predicted octanol–water partition coefficient (Wildman–Crippen LogP) is 5.81. The number of carbonyl (C=O) groups excluding carboxylic acids is 2. The molecule has 238 valence electrons. The second-order valence-electron chi connectivity index (χ2n) is 9.57. The number of methoxy groups -OCH3 is 3. The van der Waals surface area contributed by atoms with Gasteiger partial charge in [0, 0.05) is 34.2 Å². The normalized spacial score (nSPS) is 11.8. The third-order valence-corrected chi connectivity index (χ3v) is 9.28. The highest BCUT2D eigenvalue weighted by molar-refractivity contribution is 7.92. The van der Waals surface area contributed by atoms with E-state index in [4.69, 9.17) is 49.0 Å². The molecule has 0 unspecified atom stereocenters. The fourth-order valence-electron chi connectivity index (χ4n) is 4.29. The summed E-state index contributed by atoms with van der Waals surface area (Å²) in [6.45, 7) is 3.03. The van der Waals surface area contributed by atoms with E-state index < -0.39 is 34.4 Å². The van der Waals surface area contributed by atoms with E-state index in [0.29, 0.717) is 29.3 Å². The van der Waals surface area contributed by atoms with E-state index in [-0.39, 0.29) is 38.7 Å². The molecular weight excluding hydrogens is 653 g/mol. The highest BCUT2D eigenvalue weighted by atomic mass is 35.5. The first kappa shape index (κ1) is 35.1. The Morgan fingerprint density at radius 3 is 2.09 bits per heavy atom. The summed E-state index contributed by atoms with van der Waals surface area (Å²) in [5.41, 5.74) is 0.518. The molecule has 0 saturated heterocycles. The van der Waals surface area contributed by atoms with E-state index in [1.807, 2.05) is 6.92 Å². The van der Waals surface area contributed by atoms with Crippen molar-refractivity contribution < 1.29 is 32.2 Å². The summed E-state index contributed by atoms with van der Waals surface area (Å²) < 4.78 is 45.5. The average Bonchev–Trinajstić information content (AvgIpc) is 3.01. The van der Waals surface area contributed by atoms with Crippen LogP contribution in [0.25, 0.3) is 0 Å². The molecule has 0 spiro atoms. The maximum absolute atomic E-state index is 14.3. The van der Waals surface area contributed by atoms with E-state index in [1.54, 1.807) is 19.1 Å². The largest absolute Gasteiger partial charge is 0.495 e. The lowest BCUT2D eigenvalue weighted by molar-refractivity contribution is -0.139. The summed E-state index contributed by atoms with van der Waals surface area (Å²) in [7, 11) is -0.304. The summed E-state index contributed by atoms with van der Waals surface area (Å²) in [4.78, 5) is 28.3. The minimum absolute atomic E-state index is 0.00991. The number of nitrogens with one attached hydrogen (secondary N) is 1. The summed E-state index contributed by atoms with van der Waals surface area (Å²) in [5.74, 6) is -0.487. The van der Waals surface area contributed by atoms with Gasteiger partial charge >= 0.3 is 0 Å². The van der Waals surface area contributed by atoms with Crippen LogP contribution in [0.3, 0.4) is 0 Å². The maximum atomic E-state index is 14.3. The topological polar surface area (TPSA) is 114 Å². The van der Waals surface area contributed by atoms with Gasteiger partial charge in [0.05, 0.1) is 31.9 Å². The van der Waals surface area contributed by atoms with Crippen LogP contribution >= 0.6 is 34.8 Å². The molecule has 3 aromatic carbocycles. The number of sulfonamides is 1. The number of carbonyl (C=O) groups is 2. The molecule has 1 atom stereocenters. The van der Waals surface area contributed by atoms with Gasteiger partial charge in [-0.05, 0) is 61.4 Å². The van der Waals surface area contributed by atoms with Gasteiger partial charge in [0.1, 0.15) is 18.3 Å². The maximum Gasteiger partial charge on any atom is 0.265 e. The van der Waals surface area contributed by atoms with Crippen molar-refractivity contribution in [2.24, 2.45) is 0 Å². The van der Waals surface area contributed by atoms with Gasteiger partial charge in [0.2, 0.25) is 11.8 Å². The lowest BCUT2D eigenvalue weighted by atomic mass is 10.1. The molecule has 0 saturated carbocycles. The molecule has 3 rings (SSSR count).